The molecule has 6 atom stereocenters. The number of allylic oxidation sites excluding steroid dienone is 2. The smallest absolute Gasteiger partial charge is 0.303 e. The fourth-order valence-corrected chi connectivity index (χ4v) is 7.44. The summed E-state index contributed by atoms with van der Waals surface area (Å²) in [7, 11) is 0. The van der Waals surface area contributed by atoms with Crippen LogP contribution in [0.15, 0.2) is 12.2 Å². The molecule has 2 N–H and O–H groups in total. The first-order chi connectivity index (χ1) is 15.1. The van der Waals surface area contributed by atoms with Crippen LogP contribution in [0.1, 0.15) is 90.4 Å². The van der Waals surface area contributed by atoms with Gasteiger partial charge in [0.1, 0.15) is 0 Å². The fourth-order valence-electron chi connectivity index (χ4n) is 6.38. The SMILES string of the molecule is CCC(C(O)CCSCC[C@H]1[C@@H](CC=CCCCC(=O)O)[C@H]2CC[C@@H]1O2)C1CCCC1. The molecule has 1 aliphatic carbocycles. The highest BCUT2D eigenvalue weighted by atomic mass is 32.2. The van der Waals surface area contributed by atoms with E-state index in [0.717, 1.165) is 43.8 Å². The lowest BCUT2D eigenvalue weighted by Gasteiger charge is -2.28. The van der Waals surface area contributed by atoms with Crippen molar-refractivity contribution in [3.8, 4) is 0 Å². The summed E-state index contributed by atoms with van der Waals surface area (Å²) < 4.78 is 6.24. The Labute approximate surface area is 193 Å². The molecule has 31 heavy (non-hydrogen) atoms. The third-order valence-corrected chi connectivity index (χ3v) is 9.10. The first kappa shape index (κ1) is 25.1. The quantitative estimate of drug-likeness (QED) is 0.233. The molecule has 2 heterocycles. The highest BCUT2D eigenvalue weighted by Crippen LogP contribution is 2.47. The maximum atomic E-state index is 10.7. The van der Waals surface area contributed by atoms with Gasteiger partial charge in [-0.15, -0.1) is 0 Å². The molecule has 3 fully saturated rings. The summed E-state index contributed by atoms with van der Waals surface area (Å²) in [6, 6.07) is 0. The lowest BCUT2D eigenvalue weighted by molar-refractivity contribution is -0.137. The molecule has 2 saturated heterocycles. The molecule has 2 bridgehead atoms. The third-order valence-electron chi connectivity index (χ3n) is 8.05. The normalized spacial score (nSPS) is 30.4. The van der Waals surface area contributed by atoms with Crippen LogP contribution < -0.4 is 0 Å². The Morgan fingerprint density at radius 2 is 1.84 bits per heavy atom. The standard InChI is InChI=1S/C26H44O4S/c1-2-20(19-9-7-8-10-19)23(27)16-18-31-17-15-22-21(24-13-14-25(22)30-24)11-5-3-4-6-12-26(28)29/h3,5,19-25,27H,2,4,6-18H2,1H3,(H,28,29)/t20?,21-,22+,23?,24-,25+/m1/s1. The summed E-state index contributed by atoms with van der Waals surface area (Å²) in [5.74, 6) is 4.10. The van der Waals surface area contributed by atoms with Gasteiger partial charge in [0.2, 0.25) is 0 Å². The van der Waals surface area contributed by atoms with Gasteiger partial charge < -0.3 is 14.9 Å². The van der Waals surface area contributed by atoms with Gasteiger partial charge in [0.25, 0.3) is 0 Å². The maximum Gasteiger partial charge on any atom is 0.303 e. The van der Waals surface area contributed by atoms with Crippen LogP contribution in [-0.2, 0) is 9.53 Å². The number of carboxylic acid groups (broad SMARTS) is 1. The number of ether oxygens (including phenoxy) is 1. The number of rotatable bonds is 15. The zero-order valence-corrected chi connectivity index (χ0v) is 20.2. The second kappa shape index (κ2) is 13.3. The average Bonchev–Trinajstić information content (AvgIpc) is 3.49. The number of carbonyl (C=O) groups is 1. The van der Waals surface area contributed by atoms with Crippen molar-refractivity contribution in [3.63, 3.8) is 0 Å². The van der Waals surface area contributed by atoms with Gasteiger partial charge in [-0.3, -0.25) is 4.79 Å². The molecule has 0 aromatic heterocycles. The van der Waals surface area contributed by atoms with Crippen LogP contribution in [0.2, 0.25) is 0 Å². The summed E-state index contributed by atoms with van der Waals surface area (Å²) in [4.78, 5) is 10.6. The Morgan fingerprint density at radius 1 is 1.10 bits per heavy atom. The first-order valence-electron chi connectivity index (χ1n) is 12.9. The second-order valence-electron chi connectivity index (χ2n) is 9.98. The third kappa shape index (κ3) is 7.50. The Bertz CT molecular complexity index is 560. The topological polar surface area (TPSA) is 66.8 Å². The molecule has 0 aromatic rings. The number of fused-ring (bicyclic) bond motifs is 2. The van der Waals surface area contributed by atoms with E-state index in [1.165, 1.54) is 50.7 Å². The van der Waals surface area contributed by atoms with E-state index in [1.54, 1.807) is 0 Å². The van der Waals surface area contributed by atoms with Gasteiger partial charge in [-0.1, -0.05) is 51.2 Å². The number of thioether (sulfide) groups is 1. The number of carboxylic acids is 1. The van der Waals surface area contributed by atoms with Crippen molar-refractivity contribution in [2.24, 2.45) is 23.7 Å². The average molecular weight is 453 g/mol. The Kier molecular flexibility index (Phi) is 10.7. The summed E-state index contributed by atoms with van der Waals surface area (Å²) in [5.41, 5.74) is 0. The van der Waals surface area contributed by atoms with E-state index in [4.69, 9.17) is 9.84 Å². The molecular weight excluding hydrogens is 408 g/mol. The van der Waals surface area contributed by atoms with E-state index in [-0.39, 0.29) is 12.5 Å². The lowest BCUT2D eigenvalue weighted by atomic mass is 9.76. The van der Waals surface area contributed by atoms with Crippen molar-refractivity contribution in [3.05, 3.63) is 12.2 Å². The predicted molar refractivity (Wildman–Crippen MR) is 128 cm³/mol. The van der Waals surface area contributed by atoms with E-state index in [0.29, 0.717) is 30.0 Å². The molecule has 2 aliphatic heterocycles. The van der Waals surface area contributed by atoms with Gasteiger partial charge in [0.05, 0.1) is 18.3 Å². The number of aliphatic hydroxyl groups is 1. The number of aliphatic hydroxyl groups excluding tert-OH is 1. The van der Waals surface area contributed by atoms with Crippen LogP contribution in [0.3, 0.4) is 0 Å². The van der Waals surface area contributed by atoms with Gasteiger partial charge in [0.15, 0.2) is 0 Å². The molecule has 5 heteroatoms. The molecule has 0 radical (unpaired) electrons. The Morgan fingerprint density at radius 3 is 2.55 bits per heavy atom. The first-order valence-corrected chi connectivity index (χ1v) is 14.0. The van der Waals surface area contributed by atoms with Gasteiger partial charge >= 0.3 is 5.97 Å². The minimum atomic E-state index is -0.705. The highest BCUT2D eigenvalue weighted by molar-refractivity contribution is 7.99. The molecule has 0 aromatic carbocycles. The lowest BCUT2D eigenvalue weighted by Crippen LogP contribution is -2.28. The largest absolute Gasteiger partial charge is 0.481 e. The number of hydrogen-bond acceptors (Lipinski definition) is 4. The minimum Gasteiger partial charge on any atom is -0.481 e. The summed E-state index contributed by atoms with van der Waals surface area (Å²) >= 11 is 2.02. The minimum absolute atomic E-state index is 0.120. The van der Waals surface area contributed by atoms with E-state index < -0.39 is 5.97 Å². The van der Waals surface area contributed by atoms with Crippen LogP contribution in [0.5, 0.6) is 0 Å². The predicted octanol–water partition coefficient (Wildman–Crippen LogP) is 6.07. The van der Waals surface area contributed by atoms with Gasteiger partial charge in [-0.2, -0.15) is 11.8 Å². The van der Waals surface area contributed by atoms with Crippen molar-refractivity contribution >= 4 is 17.7 Å². The van der Waals surface area contributed by atoms with E-state index >= 15 is 0 Å². The zero-order chi connectivity index (χ0) is 22.1. The molecular formula is C26H44O4S. The monoisotopic (exact) mass is 452 g/mol. The van der Waals surface area contributed by atoms with Gasteiger partial charge in [0, 0.05) is 6.42 Å². The maximum absolute atomic E-state index is 10.7. The molecule has 0 amide bonds. The summed E-state index contributed by atoms with van der Waals surface area (Å²) in [5, 5.41) is 19.5. The van der Waals surface area contributed by atoms with Crippen LogP contribution in [0.25, 0.3) is 0 Å². The van der Waals surface area contributed by atoms with Gasteiger partial charge in [-0.25, -0.2) is 0 Å². The van der Waals surface area contributed by atoms with E-state index in [2.05, 4.69) is 19.1 Å². The van der Waals surface area contributed by atoms with Crippen LogP contribution in [0, 0.1) is 23.7 Å². The number of hydrogen-bond donors (Lipinski definition) is 2. The summed E-state index contributed by atoms with van der Waals surface area (Å²) in [6.07, 6.45) is 19.2. The van der Waals surface area contributed by atoms with Crippen LogP contribution >= 0.6 is 11.8 Å². The molecule has 178 valence electrons. The molecule has 0 spiro atoms. The van der Waals surface area contributed by atoms with Crippen LogP contribution in [-0.4, -0.2) is 46.0 Å². The highest BCUT2D eigenvalue weighted by Gasteiger charge is 2.47. The second-order valence-corrected chi connectivity index (χ2v) is 11.2. The molecule has 4 nitrogen and oxygen atoms in total. The summed E-state index contributed by atoms with van der Waals surface area (Å²) in [6.45, 7) is 2.25. The molecule has 3 rings (SSSR count). The van der Waals surface area contributed by atoms with E-state index in [1.807, 2.05) is 11.8 Å². The number of unbranched alkanes of at least 4 members (excludes halogenated alkanes) is 1. The number of aliphatic carboxylic acids is 1. The van der Waals surface area contributed by atoms with Crippen molar-refractivity contribution in [2.45, 2.75) is 109 Å². The zero-order valence-electron chi connectivity index (χ0n) is 19.4. The van der Waals surface area contributed by atoms with Crippen LogP contribution in [0.4, 0.5) is 0 Å². The van der Waals surface area contributed by atoms with Crippen molar-refractivity contribution in [1.29, 1.82) is 0 Å². The van der Waals surface area contributed by atoms with Gasteiger partial charge in [-0.05, 0) is 80.1 Å². The molecule has 2 unspecified atom stereocenters. The van der Waals surface area contributed by atoms with E-state index in [9.17, 15) is 9.90 Å². The van der Waals surface area contributed by atoms with Crippen molar-refractivity contribution < 1.29 is 19.7 Å². The molecule has 3 aliphatic rings. The van der Waals surface area contributed by atoms with Crippen molar-refractivity contribution in [1.82, 2.24) is 0 Å². The Hall–Kier alpha value is -0.520. The molecule has 1 saturated carbocycles. The fraction of sp³-hybridized carbons (Fsp3) is 0.885. The Balaban J connectivity index is 1.33. The van der Waals surface area contributed by atoms with Crippen molar-refractivity contribution in [2.75, 3.05) is 11.5 Å².